The van der Waals surface area contributed by atoms with Gasteiger partial charge in [-0.05, 0) is 52.9 Å². The molecule has 17 heavy (non-hydrogen) atoms. The van der Waals surface area contributed by atoms with Gasteiger partial charge in [0.1, 0.15) is 0 Å². The summed E-state index contributed by atoms with van der Waals surface area (Å²) in [4.78, 5) is 3.74. The molecule has 2 rings (SSSR count). The molecule has 0 amide bonds. The summed E-state index contributed by atoms with van der Waals surface area (Å²) < 4.78 is 1.15. The fraction of sp³-hybridized carbons (Fsp3) is 0.231. The van der Waals surface area contributed by atoms with E-state index in [0.717, 1.165) is 10.0 Å². The second-order valence-electron chi connectivity index (χ2n) is 3.80. The van der Waals surface area contributed by atoms with Crippen LogP contribution < -0.4 is 5.73 Å². The Morgan fingerprint density at radius 1 is 1.29 bits per heavy atom. The second-order valence-corrected chi connectivity index (χ2v) is 6.83. The average molecular weight is 328 g/mol. The minimum Gasteiger partial charge on any atom is -0.320 e. The molecule has 0 saturated carbocycles. The molecule has 1 unspecified atom stereocenters. The third kappa shape index (κ3) is 2.94. The minimum absolute atomic E-state index is 0.0269. The monoisotopic (exact) mass is 327 g/mol. The van der Waals surface area contributed by atoms with Crippen LogP contribution in [0.5, 0.6) is 0 Å². The van der Waals surface area contributed by atoms with Crippen molar-refractivity contribution < 1.29 is 0 Å². The molecule has 2 aromatic rings. The van der Waals surface area contributed by atoms with Crippen LogP contribution in [0.4, 0.5) is 0 Å². The maximum Gasteiger partial charge on any atom is 0.0646 e. The van der Waals surface area contributed by atoms with E-state index in [9.17, 15) is 0 Å². The fourth-order valence-electron chi connectivity index (χ4n) is 1.61. The van der Waals surface area contributed by atoms with Gasteiger partial charge < -0.3 is 5.73 Å². The molecule has 1 aromatic heterocycles. The van der Waals surface area contributed by atoms with Crippen molar-refractivity contribution >= 4 is 39.0 Å². The first-order valence-electron chi connectivity index (χ1n) is 5.27. The Kier molecular flexibility index (Phi) is 4.31. The van der Waals surface area contributed by atoms with Gasteiger partial charge in [-0.25, -0.2) is 0 Å². The van der Waals surface area contributed by atoms with Gasteiger partial charge in [-0.15, -0.1) is 23.1 Å². The van der Waals surface area contributed by atoms with Gasteiger partial charge in [-0.1, -0.05) is 12.1 Å². The third-order valence-electron chi connectivity index (χ3n) is 2.66. The lowest BCUT2D eigenvalue weighted by Gasteiger charge is -2.10. The molecule has 0 saturated heterocycles. The van der Waals surface area contributed by atoms with E-state index in [4.69, 9.17) is 5.73 Å². The van der Waals surface area contributed by atoms with Crippen molar-refractivity contribution in [2.24, 2.45) is 5.73 Å². The highest BCUT2D eigenvalue weighted by Crippen LogP contribution is 2.32. The second kappa shape index (κ2) is 5.57. The molecule has 1 aromatic carbocycles. The van der Waals surface area contributed by atoms with E-state index in [-0.39, 0.29) is 6.04 Å². The Bertz CT molecular complexity index is 485. The molecule has 0 aliphatic rings. The molecule has 0 aliphatic carbocycles. The number of halogens is 1. The van der Waals surface area contributed by atoms with Crippen LogP contribution in [-0.2, 0) is 0 Å². The predicted octanol–water partition coefficient (Wildman–Crippen LogP) is 4.59. The van der Waals surface area contributed by atoms with E-state index in [2.05, 4.69) is 59.4 Å². The highest BCUT2D eigenvalue weighted by Gasteiger charge is 2.12. The van der Waals surface area contributed by atoms with Crippen molar-refractivity contribution in [3.63, 3.8) is 0 Å². The van der Waals surface area contributed by atoms with Crippen LogP contribution in [0.3, 0.4) is 0 Å². The smallest absolute Gasteiger partial charge is 0.0646 e. The molecule has 0 radical (unpaired) electrons. The molecule has 90 valence electrons. The van der Waals surface area contributed by atoms with Gasteiger partial charge in [0.15, 0.2) is 0 Å². The summed E-state index contributed by atoms with van der Waals surface area (Å²) in [5, 5.41) is 0. The molecule has 1 atom stereocenters. The van der Waals surface area contributed by atoms with Gasteiger partial charge in [-0.2, -0.15) is 0 Å². The summed E-state index contributed by atoms with van der Waals surface area (Å²) >= 11 is 7.03. The first kappa shape index (κ1) is 13.1. The van der Waals surface area contributed by atoms with Gasteiger partial charge in [0.2, 0.25) is 0 Å². The van der Waals surface area contributed by atoms with Crippen molar-refractivity contribution in [2.75, 3.05) is 6.26 Å². The first-order valence-corrected chi connectivity index (χ1v) is 8.10. The van der Waals surface area contributed by atoms with E-state index >= 15 is 0 Å². The van der Waals surface area contributed by atoms with Crippen LogP contribution >= 0.6 is 39.0 Å². The van der Waals surface area contributed by atoms with Gasteiger partial charge in [0.25, 0.3) is 0 Å². The Morgan fingerprint density at radius 2 is 1.94 bits per heavy atom. The first-order chi connectivity index (χ1) is 8.11. The number of thiophene rings is 1. The van der Waals surface area contributed by atoms with Gasteiger partial charge in [0, 0.05) is 19.1 Å². The van der Waals surface area contributed by atoms with Crippen LogP contribution in [0.1, 0.15) is 21.4 Å². The number of aryl methyl sites for hydroxylation is 1. The Hall–Kier alpha value is -0.290. The predicted molar refractivity (Wildman–Crippen MR) is 81.0 cm³/mol. The topological polar surface area (TPSA) is 26.0 Å². The summed E-state index contributed by atoms with van der Waals surface area (Å²) in [5.74, 6) is 0. The molecule has 2 N–H and O–H groups in total. The van der Waals surface area contributed by atoms with E-state index in [1.54, 1.807) is 23.1 Å². The van der Waals surface area contributed by atoms with E-state index in [1.165, 1.54) is 14.6 Å². The molecule has 0 spiro atoms. The lowest BCUT2D eigenvalue weighted by Crippen LogP contribution is -2.09. The van der Waals surface area contributed by atoms with E-state index in [1.807, 2.05) is 0 Å². The molecule has 1 heterocycles. The standard InChI is InChI=1S/C13H14BrNS2/c1-8-11(14)7-12(17-8)13(15)9-3-5-10(16-2)6-4-9/h3-7,13H,15H2,1-2H3. The SMILES string of the molecule is CSc1ccc(C(N)c2cc(Br)c(C)s2)cc1. The number of thioether (sulfide) groups is 1. The van der Waals surface area contributed by atoms with Crippen molar-refractivity contribution in [2.45, 2.75) is 17.9 Å². The molecular weight excluding hydrogens is 314 g/mol. The Labute approximate surface area is 119 Å². The molecule has 0 fully saturated rings. The zero-order chi connectivity index (χ0) is 12.4. The van der Waals surface area contributed by atoms with Crippen LogP contribution in [-0.4, -0.2) is 6.26 Å². The summed E-state index contributed by atoms with van der Waals surface area (Å²) in [5.41, 5.74) is 7.44. The van der Waals surface area contributed by atoms with Crippen molar-refractivity contribution in [1.29, 1.82) is 0 Å². The van der Waals surface area contributed by atoms with Crippen molar-refractivity contribution in [3.05, 3.63) is 50.1 Å². The van der Waals surface area contributed by atoms with Crippen molar-refractivity contribution in [1.82, 2.24) is 0 Å². The van der Waals surface area contributed by atoms with Crippen molar-refractivity contribution in [3.8, 4) is 0 Å². The van der Waals surface area contributed by atoms with Crippen LogP contribution in [0.2, 0.25) is 0 Å². The highest BCUT2D eigenvalue weighted by molar-refractivity contribution is 9.10. The number of rotatable bonds is 3. The maximum absolute atomic E-state index is 6.27. The van der Waals surface area contributed by atoms with Gasteiger partial charge in [-0.3, -0.25) is 0 Å². The molecule has 0 aliphatic heterocycles. The third-order valence-corrected chi connectivity index (χ3v) is 5.62. The van der Waals surface area contributed by atoms with Gasteiger partial charge >= 0.3 is 0 Å². The van der Waals surface area contributed by atoms with Crippen LogP contribution in [0.15, 0.2) is 39.7 Å². The van der Waals surface area contributed by atoms with Crippen LogP contribution in [0, 0.1) is 6.92 Å². The summed E-state index contributed by atoms with van der Waals surface area (Å²) in [6, 6.07) is 10.6. The summed E-state index contributed by atoms with van der Waals surface area (Å²) in [6.07, 6.45) is 2.08. The Morgan fingerprint density at radius 3 is 2.41 bits per heavy atom. The highest BCUT2D eigenvalue weighted by atomic mass is 79.9. The molecule has 1 nitrogen and oxygen atoms in total. The number of benzene rings is 1. The lowest BCUT2D eigenvalue weighted by atomic mass is 10.1. The summed E-state index contributed by atoms with van der Waals surface area (Å²) in [6.45, 7) is 2.10. The summed E-state index contributed by atoms with van der Waals surface area (Å²) in [7, 11) is 0. The lowest BCUT2D eigenvalue weighted by molar-refractivity contribution is 0.891. The normalized spacial score (nSPS) is 12.7. The zero-order valence-electron chi connectivity index (χ0n) is 9.74. The number of nitrogens with two attached hydrogens (primary N) is 1. The maximum atomic E-state index is 6.27. The van der Waals surface area contributed by atoms with E-state index in [0.29, 0.717) is 0 Å². The van der Waals surface area contributed by atoms with Gasteiger partial charge in [0.05, 0.1) is 6.04 Å². The minimum atomic E-state index is -0.0269. The number of hydrogen-bond acceptors (Lipinski definition) is 3. The molecule has 4 heteroatoms. The Balaban J connectivity index is 2.26. The number of hydrogen-bond donors (Lipinski definition) is 1. The zero-order valence-corrected chi connectivity index (χ0v) is 13.0. The van der Waals surface area contributed by atoms with Crippen LogP contribution in [0.25, 0.3) is 0 Å². The fourth-order valence-corrected chi connectivity index (χ4v) is 3.61. The molecule has 0 bridgehead atoms. The molecular formula is C13H14BrNS2. The quantitative estimate of drug-likeness (QED) is 0.834. The average Bonchev–Trinajstić information content (AvgIpc) is 2.69. The largest absolute Gasteiger partial charge is 0.320 e. The van der Waals surface area contributed by atoms with E-state index < -0.39 is 0 Å².